The van der Waals surface area contributed by atoms with E-state index in [0.29, 0.717) is 13.1 Å². The number of carbonyl (C=O) groups excluding carboxylic acids is 2. The number of nitrogens with two attached hydrogens (primary N) is 1. The van der Waals surface area contributed by atoms with Gasteiger partial charge in [0.05, 0.1) is 12.3 Å². The standard InChI is InChI=1S/C17H25N5O3/c18-16-19-14(20-21-16)11-4-8-22(9-5-11)15(24)12-10-13(23)25-17(12)6-2-1-3-7-17/h11-12H,1-10H2,(H3,18,19,20,21)/t12-/m1/s1. The molecular formula is C17H25N5O3. The summed E-state index contributed by atoms with van der Waals surface area (Å²) in [4.78, 5) is 31.1. The maximum Gasteiger partial charge on any atom is 0.307 e. The van der Waals surface area contributed by atoms with Crippen molar-refractivity contribution in [2.45, 2.75) is 62.9 Å². The normalized spacial score (nSPS) is 26.8. The molecule has 1 atom stereocenters. The van der Waals surface area contributed by atoms with Gasteiger partial charge >= 0.3 is 5.97 Å². The number of nitrogens with one attached hydrogen (secondary N) is 1. The van der Waals surface area contributed by atoms with E-state index in [1.807, 2.05) is 4.90 Å². The smallest absolute Gasteiger partial charge is 0.307 e. The fourth-order valence-electron chi connectivity index (χ4n) is 4.67. The quantitative estimate of drug-likeness (QED) is 0.781. The molecule has 3 fully saturated rings. The molecule has 0 bridgehead atoms. The number of ether oxygens (including phenoxy) is 1. The molecule has 1 aromatic rings. The Bertz CT molecular complexity index is 659. The number of amides is 1. The minimum atomic E-state index is -0.539. The molecular weight excluding hydrogens is 322 g/mol. The third-order valence-corrected chi connectivity index (χ3v) is 6.03. The van der Waals surface area contributed by atoms with Crippen molar-refractivity contribution in [3.05, 3.63) is 5.82 Å². The van der Waals surface area contributed by atoms with E-state index in [9.17, 15) is 9.59 Å². The van der Waals surface area contributed by atoms with Crippen LogP contribution in [0.4, 0.5) is 5.95 Å². The van der Waals surface area contributed by atoms with E-state index >= 15 is 0 Å². The topological polar surface area (TPSA) is 114 Å². The lowest BCUT2D eigenvalue weighted by Gasteiger charge is -2.39. The van der Waals surface area contributed by atoms with Crippen LogP contribution in [0.5, 0.6) is 0 Å². The van der Waals surface area contributed by atoms with Crippen molar-refractivity contribution in [3.63, 3.8) is 0 Å². The molecule has 8 heteroatoms. The molecule has 2 saturated heterocycles. The molecule has 1 saturated carbocycles. The number of carbonyl (C=O) groups is 2. The van der Waals surface area contributed by atoms with Gasteiger partial charge in [-0.2, -0.15) is 4.98 Å². The zero-order valence-corrected chi connectivity index (χ0v) is 14.4. The van der Waals surface area contributed by atoms with Crippen molar-refractivity contribution < 1.29 is 14.3 Å². The van der Waals surface area contributed by atoms with Crippen molar-refractivity contribution in [2.75, 3.05) is 18.8 Å². The molecule has 1 spiro atoms. The van der Waals surface area contributed by atoms with Gasteiger partial charge in [0, 0.05) is 19.0 Å². The van der Waals surface area contributed by atoms with Gasteiger partial charge in [-0.25, -0.2) is 0 Å². The van der Waals surface area contributed by atoms with Crippen LogP contribution in [0.3, 0.4) is 0 Å². The number of hydrogen-bond donors (Lipinski definition) is 2. The third kappa shape index (κ3) is 2.98. The van der Waals surface area contributed by atoms with Crippen molar-refractivity contribution in [1.82, 2.24) is 20.1 Å². The summed E-state index contributed by atoms with van der Waals surface area (Å²) >= 11 is 0. The molecule has 3 N–H and O–H groups in total. The van der Waals surface area contributed by atoms with E-state index in [0.717, 1.165) is 50.8 Å². The summed E-state index contributed by atoms with van der Waals surface area (Å²) in [6.07, 6.45) is 6.76. The van der Waals surface area contributed by atoms with Gasteiger partial charge in [-0.05, 0) is 38.5 Å². The summed E-state index contributed by atoms with van der Waals surface area (Å²) in [5.41, 5.74) is 5.03. The highest BCUT2D eigenvalue weighted by atomic mass is 16.6. The predicted molar refractivity (Wildman–Crippen MR) is 89.4 cm³/mol. The first-order valence-corrected chi connectivity index (χ1v) is 9.26. The Morgan fingerprint density at radius 1 is 1.24 bits per heavy atom. The lowest BCUT2D eigenvalue weighted by atomic mass is 9.75. The average molecular weight is 347 g/mol. The summed E-state index contributed by atoms with van der Waals surface area (Å²) in [7, 11) is 0. The number of piperidine rings is 1. The van der Waals surface area contributed by atoms with Gasteiger partial charge in [0.1, 0.15) is 11.4 Å². The molecule has 3 aliphatic rings. The van der Waals surface area contributed by atoms with Gasteiger partial charge < -0.3 is 15.4 Å². The van der Waals surface area contributed by atoms with Gasteiger partial charge in [-0.15, -0.1) is 5.10 Å². The van der Waals surface area contributed by atoms with Crippen molar-refractivity contribution in [2.24, 2.45) is 5.92 Å². The van der Waals surface area contributed by atoms with Gasteiger partial charge in [0.2, 0.25) is 11.9 Å². The molecule has 0 unspecified atom stereocenters. The van der Waals surface area contributed by atoms with Crippen molar-refractivity contribution in [3.8, 4) is 0 Å². The first-order chi connectivity index (χ1) is 12.1. The van der Waals surface area contributed by atoms with Gasteiger partial charge in [-0.3, -0.25) is 14.7 Å². The zero-order valence-electron chi connectivity index (χ0n) is 14.4. The predicted octanol–water partition coefficient (Wildman–Crippen LogP) is 1.36. The van der Waals surface area contributed by atoms with Crippen LogP contribution in [0.25, 0.3) is 0 Å². The summed E-state index contributed by atoms with van der Waals surface area (Å²) in [6.45, 7) is 1.34. The van der Waals surface area contributed by atoms with Gasteiger partial charge in [-0.1, -0.05) is 6.42 Å². The monoisotopic (exact) mass is 347 g/mol. The largest absolute Gasteiger partial charge is 0.458 e. The molecule has 0 aromatic carbocycles. The summed E-state index contributed by atoms with van der Waals surface area (Å²) in [5, 5.41) is 6.75. The number of rotatable bonds is 2. The lowest BCUT2D eigenvalue weighted by Crippen LogP contribution is -2.49. The fourth-order valence-corrected chi connectivity index (χ4v) is 4.67. The van der Waals surface area contributed by atoms with Crippen LogP contribution < -0.4 is 5.73 Å². The lowest BCUT2D eigenvalue weighted by molar-refractivity contribution is -0.156. The highest BCUT2D eigenvalue weighted by Crippen LogP contribution is 2.45. The summed E-state index contributed by atoms with van der Waals surface area (Å²) < 4.78 is 5.68. The molecule has 1 aromatic heterocycles. The van der Waals surface area contributed by atoms with Crippen LogP contribution in [0, 0.1) is 5.92 Å². The maximum absolute atomic E-state index is 13.1. The van der Waals surface area contributed by atoms with E-state index in [1.165, 1.54) is 0 Å². The zero-order chi connectivity index (χ0) is 17.4. The SMILES string of the molecule is Nc1n[nH]c(C2CCN(C(=O)[C@H]3CC(=O)OC34CCCCC4)CC2)n1. The van der Waals surface area contributed by atoms with Crippen LogP contribution in [0.2, 0.25) is 0 Å². The highest BCUT2D eigenvalue weighted by Gasteiger charge is 2.53. The molecule has 2 aliphatic heterocycles. The number of nitrogen functional groups attached to an aromatic ring is 1. The second kappa shape index (κ2) is 6.31. The van der Waals surface area contributed by atoms with E-state index < -0.39 is 5.60 Å². The molecule has 1 amide bonds. The summed E-state index contributed by atoms with van der Waals surface area (Å²) in [5.74, 6) is 0.870. The number of esters is 1. The van der Waals surface area contributed by atoms with E-state index in [-0.39, 0.29) is 36.1 Å². The minimum Gasteiger partial charge on any atom is -0.458 e. The van der Waals surface area contributed by atoms with Crippen LogP contribution >= 0.6 is 0 Å². The number of likely N-dealkylation sites (tertiary alicyclic amines) is 1. The van der Waals surface area contributed by atoms with Crippen LogP contribution in [0.15, 0.2) is 0 Å². The first kappa shape index (κ1) is 16.4. The number of aromatic nitrogens is 3. The van der Waals surface area contributed by atoms with Crippen LogP contribution in [-0.2, 0) is 14.3 Å². The molecule has 0 radical (unpaired) electrons. The Balaban J connectivity index is 1.42. The van der Waals surface area contributed by atoms with Crippen molar-refractivity contribution in [1.29, 1.82) is 0 Å². The average Bonchev–Trinajstić information content (AvgIpc) is 3.19. The number of anilines is 1. The summed E-state index contributed by atoms with van der Waals surface area (Å²) in [6, 6.07) is 0. The molecule has 1 aliphatic carbocycles. The molecule has 8 nitrogen and oxygen atoms in total. The Hall–Kier alpha value is -2.12. The highest BCUT2D eigenvalue weighted by molar-refractivity contribution is 5.88. The Morgan fingerprint density at radius 2 is 1.96 bits per heavy atom. The van der Waals surface area contributed by atoms with Crippen LogP contribution in [-0.4, -0.2) is 50.6 Å². The second-order valence-electron chi connectivity index (χ2n) is 7.53. The third-order valence-electron chi connectivity index (χ3n) is 6.03. The maximum atomic E-state index is 13.1. The van der Waals surface area contributed by atoms with Gasteiger partial charge in [0.25, 0.3) is 0 Å². The number of aromatic amines is 1. The van der Waals surface area contributed by atoms with E-state index in [2.05, 4.69) is 15.2 Å². The van der Waals surface area contributed by atoms with E-state index in [1.54, 1.807) is 0 Å². The first-order valence-electron chi connectivity index (χ1n) is 9.26. The number of hydrogen-bond acceptors (Lipinski definition) is 6. The molecule has 136 valence electrons. The molecule has 3 heterocycles. The number of nitrogens with zero attached hydrogens (tertiary/aromatic N) is 3. The Kier molecular flexibility index (Phi) is 4.13. The Morgan fingerprint density at radius 3 is 2.60 bits per heavy atom. The fraction of sp³-hybridized carbons (Fsp3) is 0.765. The number of H-pyrrole nitrogens is 1. The minimum absolute atomic E-state index is 0.0864. The Labute approximate surface area is 146 Å². The molecule has 25 heavy (non-hydrogen) atoms. The van der Waals surface area contributed by atoms with Crippen molar-refractivity contribution >= 4 is 17.8 Å². The second-order valence-corrected chi connectivity index (χ2v) is 7.53. The molecule has 4 rings (SSSR count). The van der Waals surface area contributed by atoms with Gasteiger partial charge in [0.15, 0.2) is 0 Å². The van der Waals surface area contributed by atoms with Crippen LogP contribution in [0.1, 0.15) is 63.1 Å². The van der Waals surface area contributed by atoms with E-state index in [4.69, 9.17) is 10.5 Å².